The second-order valence-corrected chi connectivity index (χ2v) is 6.04. The maximum absolute atomic E-state index is 11.8. The molecule has 2 heterocycles. The molecule has 0 spiro atoms. The number of ether oxygens (including phenoxy) is 1. The summed E-state index contributed by atoms with van der Waals surface area (Å²) in [7, 11) is 0. The molecule has 19 heavy (non-hydrogen) atoms. The second kappa shape index (κ2) is 5.77. The summed E-state index contributed by atoms with van der Waals surface area (Å²) in [6, 6.07) is 0.539. The normalized spacial score (nSPS) is 31.8. The standard InChI is InChI=1S/C14H25NO4/c1-3-14(2,18)12(16)13(17)19-9-10-6-8-15-7-4-5-11(10)15/h10-12,16,18H,3-9H2,1-2H3/t10-,11-,12-,14+/m0/s1. The van der Waals surface area contributed by atoms with E-state index in [9.17, 15) is 15.0 Å². The zero-order valence-electron chi connectivity index (χ0n) is 11.8. The Morgan fingerprint density at radius 3 is 2.89 bits per heavy atom. The van der Waals surface area contributed by atoms with Gasteiger partial charge in [0.25, 0.3) is 0 Å². The van der Waals surface area contributed by atoms with Gasteiger partial charge in [0.05, 0.1) is 12.2 Å². The second-order valence-electron chi connectivity index (χ2n) is 6.04. The molecule has 0 saturated carbocycles. The van der Waals surface area contributed by atoms with Gasteiger partial charge < -0.3 is 14.9 Å². The number of hydrogen-bond donors (Lipinski definition) is 2. The number of aliphatic hydroxyl groups is 2. The predicted molar refractivity (Wildman–Crippen MR) is 70.6 cm³/mol. The highest BCUT2D eigenvalue weighted by Crippen LogP contribution is 2.32. The van der Waals surface area contributed by atoms with Gasteiger partial charge in [0, 0.05) is 12.0 Å². The lowest BCUT2D eigenvalue weighted by Gasteiger charge is -2.27. The summed E-state index contributed by atoms with van der Waals surface area (Å²) in [5, 5.41) is 19.6. The number of carbonyl (C=O) groups is 1. The van der Waals surface area contributed by atoms with Crippen molar-refractivity contribution >= 4 is 5.97 Å². The Morgan fingerprint density at radius 1 is 1.47 bits per heavy atom. The summed E-state index contributed by atoms with van der Waals surface area (Å²) < 4.78 is 5.21. The minimum atomic E-state index is -1.46. The molecule has 0 aromatic heterocycles. The van der Waals surface area contributed by atoms with Gasteiger partial charge >= 0.3 is 5.97 Å². The molecular formula is C14H25NO4. The van der Waals surface area contributed by atoms with Crippen molar-refractivity contribution in [2.75, 3.05) is 19.7 Å². The van der Waals surface area contributed by atoms with Gasteiger partial charge in [-0.1, -0.05) is 6.92 Å². The minimum absolute atomic E-state index is 0.309. The van der Waals surface area contributed by atoms with Gasteiger partial charge in [-0.05, 0) is 45.7 Å². The lowest BCUT2D eigenvalue weighted by atomic mass is 9.96. The van der Waals surface area contributed by atoms with E-state index in [0.717, 1.165) is 19.5 Å². The van der Waals surface area contributed by atoms with Gasteiger partial charge in [0.2, 0.25) is 0 Å². The molecule has 0 aliphatic carbocycles. The van der Waals surface area contributed by atoms with Crippen LogP contribution in [0.15, 0.2) is 0 Å². The summed E-state index contributed by atoms with van der Waals surface area (Å²) in [6.45, 7) is 5.78. The van der Waals surface area contributed by atoms with Crippen molar-refractivity contribution in [1.82, 2.24) is 4.90 Å². The highest BCUT2D eigenvalue weighted by atomic mass is 16.5. The Morgan fingerprint density at radius 2 is 2.21 bits per heavy atom. The molecular weight excluding hydrogens is 246 g/mol. The van der Waals surface area contributed by atoms with Crippen LogP contribution in [-0.2, 0) is 9.53 Å². The van der Waals surface area contributed by atoms with Gasteiger partial charge in [0.15, 0.2) is 6.10 Å². The molecule has 0 bridgehead atoms. The van der Waals surface area contributed by atoms with Crippen LogP contribution in [0.2, 0.25) is 0 Å². The van der Waals surface area contributed by atoms with E-state index in [1.54, 1.807) is 6.92 Å². The zero-order valence-corrected chi connectivity index (χ0v) is 11.8. The third-order valence-corrected chi connectivity index (χ3v) is 4.71. The van der Waals surface area contributed by atoms with E-state index >= 15 is 0 Å². The van der Waals surface area contributed by atoms with Gasteiger partial charge in [-0.3, -0.25) is 4.90 Å². The molecule has 0 unspecified atom stereocenters. The van der Waals surface area contributed by atoms with Crippen molar-refractivity contribution in [3.63, 3.8) is 0 Å². The topological polar surface area (TPSA) is 70.0 Å². The van der Waals surface area contributed by atoms with Crippen LogP contribution in [0.4, 0.5) is 0 Å². The summed E-state index contributed by atoms with van der Waals surface area (Å²) in [5.41, 5.74) is -1.41. The third-order valence-electron chi connectivity index (χ3n) is 4.71. The van der Waals surface area contributed by atoms with Crippen molar-refractivity contribution in [1.29, 1.82) is 0 Å². The SMILES string of the molecule is CC[C@@](C)(O)[C@@H](O)C(=O)OC[C@@H]1CCN2CCC[C@@H]12. The molecule has 0 aromatic carbocycles. The van der Waals surface area contributed by atoms with Crippen LogP contribution in [0.25, 0.3) is 0 Å². The molecule has 110 valence electrons. The average Bonchev–Trinajstić information content (AvgIpc) is 2.98. The molecule has 0 aromatic rings. The first-order chi connectivity index (χ1) is 8.95. The molecule has 2 fully saturated rings. The largest absolute Gasteiger partial charge is 0.463 e. The Hall–Kier alpha value is -0.650. The van der Waals surface area contributed by atoms with Gasteiger partial charge in [-0.2, -0.15) is 0 Å². The number of nitrogens with zero attached hydrogens (tertiary/aromatic N) is 1. The highest BCUT2D eigenvalue weighted by molar-refractivity contribution is 5.75. The van der Waals surface area contributed by atoms with Crippen LogP contribution in [0.5, 0.6) is 0 Å². The molecule has 0 amide bonds. The van der Waals surface area contributed by atoms with E-state index in [1.165, 1.54) is 19.8 Å². The summed E-state index contributed by atoms with van der Waals surface area (Å²) in [4.78, 5) is 14.2. The summed E-state index contributed by atoms with van der Waals surface area (Å²) in [6.07, 6.45) is 2.31. The fourth-order valence-electron chi connectivity index (χ4n) is 3.10. The number of aliphatic hydroxyl groups excluding tert-OH is 1. The lowest BCUT2D eigenvalue weighted by molar-refractivity contribution is -0.169. The number of fused-ring (bicyclic) bond motifs is 1. The van der Waals surface area contributed by atoms with E-state index in [-0.39, 0.29) is 0 Å². The van der Waals surface area contributed by atoms with Crippen LogP contribution in [-0.4, -0.2) is 58.5 Å². The molecule has 2 N–H and O–H groups in total. The highest BCUT2D eigenvalue weighted by Gasteiger charge is 2.39. The molecule has 2 saturated heterocycles. The van der Waals surface area contributed by atoms with Gasteiger partial charge in [-0.25, -0.2) is 4.79 Å². The van der Waals surface area contributed by atoms with Crippen molar-refractivity contribution in [2.45, 2.75) is 57.3 Å². The summed E-state index contributed by atoms with van der Waals surface area (Å²) >= 11 is 0. The Kier molecular flexibility index (Phi) is 4.48. The first-order valence-corrected chi connectivity index (χ1v) is 7.27. The number of esters is 1. The van der Waals surface area contributed by atoms with Crippen LogP contribution in [0.1, 0.15) is 39.5 Å². The zero-order chi connectivity index (χ0) is 14.0. The van der Waals surface area contributed by atoms with E-state index < -0.39 is 17.7 Å². The molecule has 0 radical (unpaired) electrons. The third kappa shape index (κ3) is 3.09. The van der Waals surface area contributed by atoms with Gasteiger partial charge in [-0.15, -0.1) is 0 Å². The number of hydrogen-bond acceptors (Lipinski definition) is 5. The predicted octanol–water partition coefficient (Wildman–Crippen LogP) is 0.536. The number of rotatable bonds is 5. The Labute approximate surface area is 114 Å². The first kappa shape index (κ1) is 14.8. The Bertz CT molecular complexity index is 331. The quantitative estimate of drug-likeness (QED) is 0.714. The van der Waals surface area contributed by atoms with Crippen molar-refractivity contribution in [2.24, 2.45) is 5.92 Å². The Balaban J connectivity index is 1.81. The van der Waals surface area contributed by atoms with E-state index in [4.69, 9.17) is 4.74 Å². The maximum atomic E-state index is 11.8. The fourth-order valence-corrected chi connectivity index (χ4v) is 3.10. The van der Waals surface area contributed by atoms with Crippen LogP contribution in [0.3, 0.4) is 0 Å². The summed E-state index contributed by atoms with van der Waals surface area (Å²) in [5.74, 6) is -0.325. The number of carbonyl (C=O) groups excluding carboxylic acids is 1. The van der Waals surface area contributed by atoms with E-state index in [2.05, 4.69) is 4.90 Å². The lowest BCUT2D eigenvalue weighted by Crippen LogP contribution is -2.45. The molecule has 5 heteroatoms. The molecule has 2 aliphatic rings. The minimum Gasteiger partial charge on any atom is -0.463 e. The molecule has 2 aliphatic heterocycles. The monoisotopic (exact) mass is 271 g/mol. The fraction of sp³-hybridized carbons (Fsp3) is 0.929. The van der Waals surface area contributed by atoms with Crippen molar-refractivity contribution in [3.05, 3.63) is 0 Å². The molecule has 5 nitrogen and oxygen atoms in total. The van der Waals surface area contributed by atoms with Crippen molar-refractivity contribution in [3.8, 4) is 0 Å². The van der Waals surface area contributed by atoms with Crippen LogP contribution < -0.4 is 0 Å². The van der Waals surface area contributed by atoms with Crippen molar-refractivity contribution < 1.29 is 19.7 Å². The van der Waals surface area contributed by atoms with Crippen LogP contribution in [0, 0.1) is 5.92 Å². The average molecular weight is 271 g/mol. The van der Waals surface area contributed by atoms with Crippen LogP contribution >= 0.6 is 0 Å². The smallest absolute Gasteiger partial charge is 0.338 e. The molecule has 2 rings (SSSR count). The van der Waals surface area contributed by atoms with E-state index in [0.29, 0.717) is 25.0 Å². The first-order valence-electron chi connectivity index (χ1n) is 7.27. The maximum Gasteiger partial charge on any atom is 0.338 e. The molecule has 4 atom stereocenters. The van der Waals surface area contributed by atoms with Gasteiger partial charge in [0.1, 0.15) is 0 Å². The van der Waals surface area contributed by atoms with E-state index in [1.807, 2.05) is 0 Å².